The molecule has 6 heteroatoms. The first-order valence-electron chi connectivity index (χ1n) is 6.02. The second-order valence-electron chi connectivity index (χ2n) is 4.63. The summed E-state index contributed by atoms with van der Waals surface area (Å²) in [7, 11) is 0. The van der Waals surface area contributed by atoms with Gasteiger partial charge < -0.3 is 0 Å². The van der Waals surface area contributed by atoms with Gasteiger partial charge in [0.1, 0.15) is 0 Å². The van der Waals surface area contributed by atoms with E-state index in [1.54, 1.807) is 19.1 Å². The summed E-state index contributed by atoms with van der Waals surface area (Å²) in [6.45, 7) is 3.67. The van der Waals surface area contributed by atoms with Gasteiger partial charge in [0.15, 0.2) is 5.65 Å². The number of hydrogen-bond donors (Lipinski definition) is 1. The van der Waals surface area contributed by atoms with Crippen molar-refractivity contribution in [3.8, 4) is 11.1 Å². The van der Waals surface area contributed by atoms with E-state index in [-0.39, 0.29) is 5.56 Å². The van der Waals surface area contributed by atoms with E-state index in [0.717, 1.165) is 16.8 Å². The predicted octanol–water partition coefficient (Wildman–Crippen LogP) is 3.61. The maximum atomic E-state index is 12.0. The molecule has 0 amide bonds. The minimum Gasteiger partial charge on any atom is -0.293 e. The number of rotatable bonds is 1. The maximum absolute atomic E-state index is 12.0. The summed E-state index contributed by atoms with van der Waals surface area (Å²) in [5.41, 5.74) is 3.52. The van der Waals surface area contributed by atoms with Gasteiger partial charge >= 0.3 is 0 Å². The number of hydrogen-bond acceptors (Lipinski definition) is 2. The van der Waals surface area contributed by atoms with Crippen molar-refractivity contribution in [3.05, 3.63) is 56.1 Å². The number of nitrogens with one attached hydrogen (secondary N) is 1. The molecule has 0 saturated heterocycles. The highest BCUT2D eigenvalue weighted by Crippen LogP contribution is 2.34. The van der Waals surface area contributed by atoms with Crippen LogP contribution in [-0.4, -0.2) is 14.6 Å². The van der Waals surface area contributed by atoms with Crippen molar-refractivity contribution in [1.82, 2.24) is 14.6 Å². The monoisotopic (exact) mass is 307 g/mol. The Labute approximate surface area is 125 Å². The summed E-state index contributed by atoms with van der Waals surface area (Å²) >= 11 is 12.2. The van der Waals surface area contributed by atoms with Crippen LogP contribution in [0.2, 0.25) is 10.0 Å². The van der Waals surface area contributed by atoms with Crippen LogP contribution in [0.5, 0.6) is 0 Å². The fourth-order valence-corrected chi connectivity index (χ4v) is 2.78. The second-order valence-corrected chi connectivity index (χ2v) is 5.47. The Morgan fingerprint density at radius 3 is 2.65 bits per heavy atom. The minimum atomic E-state index is -0.146. The van der Waals surface area contributed by atoms with Gasteiger partial charge in [-0.15, -0.1) is 0 Å². The molecule has 3 aromatic rings. The third kappa shape index (κ3) is 2.01. The molecule has 2 heterocycles. The Bertz CT molecular complexity index is 880. The molecule has 0 aliphatic heterocycles. The largest absolute Gasteiger partial charge is 0.293 e. The van der Waals surface area contributed by atoms with Crippen LogP contribution in [0.15, 0.2) is 29.1 Å². The van der Waals surface area contributed by atoms with Gasteiger partial charge in [-0.1, -0.05) is 29.3 Å². The van der Waals surface area contributed by atoms with E-state index in [0.29, 0.717) is 21.4 Å². The molecule has 1 N–H and O–H groups in total. The predicted molar refractivity (Wildman–Crippen MR) is 80.7 cm³/mol. The Kier molecular flexibility index (Phi) is 3.07. The summed E-state index contributed by atoms with van der Waals surface area (Å²) in [6, 6.07) is 6.75. The molecule has 102 valence electrons. The van der Waals surface area contributed by atoms with Crippen LogP contribution in [0, 0.1) is 13.8 Å². The van der Waals surface area contributed by atoms with Gasteiger partial charge in [0.2, 0.25) is 0 Å². The van der Waals surface area contributed by atoms with Crippen molar-refractivity contribution in [2.75, 3.05) is 0 Å². The quantitative estimate of drug-likeness (QED) is 0.746. The number of nitrogens with zero attached hydrogens (tertiary/aromatic N) is 2. The molecule has 1 aromatic carbocycles. The molecule has 0 spiro atoms. The average molecular weight is 308 g/mol. The third-order valence-corrected chi connectivity index (χ3v) is 3.67. The lowest BCUT2D eigenvalue weighted by molar-refractivity contribution is 0.873. The summed E-state index contributed by atoms with van der Waals surface area (Å²) in [5, 5.41) is 4.11. The van der Waals surface area contributed by atoms with Crippen LogP contribution in [-0.2, 0) is 0 Å². The smallest absolute Gasteiger partial charge is 0.272 e. The van der Waals surface area contributed by atoms with Crippen LogP contribution in [0.4, 0.5) is 0 Å². The lowest BCUT2D eigenvalue weighted by Crippen LogP contribution is -2.14. The summed E-state index contributed by atoms with van der Waals surface area (Å²) in [4.78, 5) is 16.4. The van der Waals surface area contributed by atoms with E-state index in [1.807, 2.05) is 13.0 Å². The van der Waals surface area contributed by atoms with Gasteiger partial charge in [0, 0.05) is 33.6 Å². The van der Waals surface area contributed by atoms with Gasteiger partial charge in [-0.05, 0) is 26.0 Å². The molecule has 0 radical (unpaired) electrons. The van der Waals surface area contributed by atoms with Gasteiger partial charge in [0.05, 0.1) is 5.02 Å². The van der Waals surface area contributed by atoms with Crippen LogP contribution in [0.25, 0.3) is 16.8 Å². The van der Waals surface area contributed by atoms with Crippen LogP contribution >= 0.6 is 23.2 Å². The zero-order valence-electron chi connectivity index (χ0n) is 10.9. The molecule has 20 heavy (non-hydrogen) atoms. The van der Waals surface area contributed by atoms with Crippen molar-refractivity contribution < 1.29 is 0 Å². The average Bonchev–Trinajstić information content (AvgIpc) is 2.67. The van der Waals surface area contributed by atoms with Crippen LogP contribution in [0.3, 0.4) is 0 Å². The summed E-state index contributed by atoms with van der Waals surface area (Å²) in [5.74, 6) is 0. The molecule has 0 bridgehead atoms. The molecule has 0 atom stereocenters. The fraction of sp³-hybridized carbons (Fsp3) is 0.143. The number of aromatic nitrogens is 3. The number of halogens is 2. The molecule has 0 unspecified atom stereocenters. The molecule has 3 rings (SSSR count). The molecular formula is C14H11Cl2N3O. The number of benzene rings is 1. The van der Waals surface area contributed by atoms with Crippen LogP contribution < -0.4 is 5.56 Å². The molecule has 0 saturated carbocycles. The van der Waals surface area contributed by atoms with Gasteiger partial charge in [-0.3, -0.25) is 9.89 Å². The lowest BCUT2D eigenvalue weighted by Gasteiger charge is -2.04. The normalized spacial score (nSPS) is 11.2. The highest BCUT2D eigenvalue weighted by molar-refractivity contribution is 6.36. The van der Waals surface area contributed by atoms with E-state index < -0.39 is 0 Å². The summed E-state index contributed by atoms with van der Waals surface area (Å²) in [6.07, 6.45) is 0. The van der Waals surface area contributed by atoms with Crippen molar-refractivity contribution in [2.24, 2.45) is 0 Å². The zero-order valence-corrected chi connectivity index (χ0v) is 12.4. The highest BCUT2D eigenvalue weighted by atomic mass is 35.5. The highest BCUT2D eigenvalue weighted by Gasteiger charge is 2.16. The maximum Gasteiger partial charge on any atom is 0.272 e. The van der Waals surface area contributed by atoms with Gasteiger partial charge in [-0.25, -0.2) is 9.50 Å². The first kappa shape index (κ1) is 13.2. The molecule has 0 aliphatic rings. The molecule has 0 aliphatic carbocycles. The standard InChI is InChI=1S/C14H11Cl2N3O/c1-7-5-12(20)19-14(17-7)13(8(2)18-19)10-4-3-9(15)6-11(10)16/h3-6,18H,1-2H3. The Balaban J connectivity index is 2.42. The summed E-state index contributed by atoms with van der Waals surface area (Å²) < 4.78 is 1.42. The molecule has 0 fully saturated rings. The van der Waals surface area contributed by atoms with E-state index in [9.17, 15) is 4.79 Å². The third-order valence-electron chi connectivity index (χ3n) is 3.13. The molecular weight excluding hydrogens is 297 g/mol. The first-order valence-corrected chi connectivity index (χ1v) is 6.77. The second kappa shape index (κ2) is 4.65. The minimum absolute atomic E-state index is 0.146. The van der Waals surface area contributed by atoms with Crippen molar-refractivity contribution in [2.45, 2.75) is 13.8 Å². The topological polar surface area (TPSA) is 50.2 Å². The van der Waals surface area contributed by atoms with E-state index in [1.165, 1.54) is 10.6 Å². The van der Waals surface area contributed by atoms with Crippen molar-refractivity contribution in [3.63, 3.8) is 0 Å². The zero-order chi connectivity index (χ0) is 14.4. The number of H-pyrrole nitrogens is 1. The number of aromatic amines is 1. The molecule has 2 aromatic heterocycles. The molecule has 4 nitrogen and oxygen atoms in total. The Morgan fingerprint density at radius 2 is 1.95 bits per heavy atom. The van der Waals surface area contributed by atoms with Crippen molar-refractivity contribution >= 4 is 28.8 Å². The SMILES string of the molecule is Cc1cc(=O)n2[nH]c(C)c(-c3ccc(Cl)cc3Cl)c2n1. The van der Waals surface area contributed by atoms with E-state index >= 15 is 0 Å². The van der Waals surface area contributed by atoms with Crippen molar-refractivity contribution in [1.29, 1.82) is 0 Å². The fourth-order valence-electron chi connectivity index (χ4n) is 2.28. The van der Waals surface area contributed by atoms with E-state index in [2.05, 4.69) is 10.1 Å². The lowest BCUT2D eigenvalue weighted by atomic mass is 10.1. The van der Waals surface area contributed by atoms with E-state index in [4.69, 9.17) is 23.2 Å². The first-order chi connectivity index (χ1) is 9.47. The number of fused-ring (bicyclic) bond motifs is 1. The Hall–Kier alpha value is -1.78. The van der Waals surface area contributed by atoms with Gasteiger partial charge in [0.25, 0.3) is 5.56 Å². The van der Waals surface area contributed by atoms with Crippen LogP contribution in [0.1, 0.15) is 11.4 Å². The van der Waals surface area contributed by atoms with Gasteiger partial charge in [-0.2, -0.15) is 0 Å². The Morgan fingerprint density at radius 1 is 1.20 bits per heavy atom. The number of aryl methyl sites for hydroxylation is 2.